The van der Waals surface area contributed by atoms with Crippen LogP contribution in [0.4, 0.5) is 4.79 Å². The molecule has 0 aliphatic carbocycles. The third-order valence-electron chi connectivity index (χ3n) is 4.15. The molecular formula is C20H18N2O6. The smallest absolute Gasteiger partial charge is 0.331 e. The molecule has 1 saturated heterocycles. The zero-order chi connectivity index (χ0) is 20.3. The van der Waals surface area contributed by atoms with E-state index in [4.69, 9.17) is 9.15 Å². The summed E-state index contributed by atoms with van der Waals surface area (Å²) in [6.45, 7) is 3.53. The van der Waals surface area contributed by atoms with Crippen LogP contribution in [0.3, 0.4) is 0 Å². The lowest BCUT2D eigenvalue weighted by molar-refractivity contribution is -0.130. The molecule has 3 rings (SSSR count). The summed E-state index contributed by atoms with van der Waals surface area (Å²) in [5.74, 6) is -1.00. The van der Waals surface area contributed by atoms with Crippen molar-refractivity contribution in [1.82, 2.24) is 10.2 Å². The van der Waals surface area contributed by atoms with Gasteiger partial charge in [0.05, 0.1) is 19.9 Å². The van der Waals surface area contributed by atoms with E-state index in [0.717, 1.165) is 4.90 Å². The van der Waals surface area contributed by atoms with Gasteiger partial charge in [0.15, 0.2) is 11.5 Å². The number of rotatable bonds is 6. The van der Waals surface area contributed by atoms with Gasteiger partial charge in [-0.3, -0.25) is 19.8 Å². The number of nitrogens with zero attached hydrogens (tertiary/aromatic N) is 1. The standard InChI is InChI=1S/C20H18N2O6/c1-3-5-13-8-12(10-16(27-2)17(13)23)9-15-18(24)21-20(26)22(19(15)25)11-14-6-4-7-28-14/h3-4,6-10,23H,1,5,11H2,2H3,(H,21,24,26)/b15-9+. The number of ether oxygens (including phenoxy) is 1. The van der Waals surface area contributed by atoms with E-state index in [2.05, 4.69) is 11.9 Å². The maximum atomic E-state index is 12.7. The zero-order valence-corrected chi connectivity index (χ0v) is 15.1. The molecule has 1 aliphatic rings. The van der Waals surface area contributed by atoms with Crippen LogP contribution in [0.2, 0.25) is 0 Å². The van der Waals surface area contributed by atoms with E-state index in [9.17, 15) is 19.5 Å². The molecule has 144 valence electrons. The Hall–Kier alpha value is -3.81. The summed E-state index contributed by atoms with van der Waals surface area (Å²) in [6, 6.07) is 5.53. The number of benzene rings is 1. The van der Waals surface area contributed by atoms with Crippen LogP contribution in [0.15, 0.2) is 53.2 Å². The highest BCUT2D eigenvalue weighted by Crippen LogP contribution is 2.33. The molecule has 2 N–H and O–H groups in total. The van der Waals surface area contributed by atoms with Crippen LogP contribution in [-0.2, 0) is 22.6 Å². The fraction of sp³-hybridized carbons (Fsp3) is 0.150. The van der Waals surface area contributed by atoms with Gasteiger partial charge in [-0.1, -0.05) is 6.08 Å². The summed E-state index contributed by atoms with van der Waals surface area (Å²) >= 11 is 0. The summed E-state index contributed by atoms with van der Waals surface area (Å²) in [5.41, 5.74) is 0.758. The van der Waals surface area contributed by atoms with E-state index in [-0.39, 0.29) is 23.6 Å². The van der Waals surface area contributed by atoms with Gasteiger partial charge in [-0.25, -0.2) is 4.79 Å². The van der Waals surface area contributed by atoms with Crippen LogP contribution in [-0.4, -0.2) is 35.0 Å². The van der Waals surface area contributed by atoms with Gasteiger partial charge >= 0.3 is 6.03 Å². The Morgan fingerprint density at radius 3 is 2.75 bits per heavy atom. The molecule has 2 aromatic rings. The molecule has 0 radical (unpaired) electrons. The van der Waals surface area contributed by atoms with E-state index in [1.165, 1.54) is 25.5 Å². The monoisotopic (exact) mass is 382 g/mol. The molecule has 1 aliphatic heterocycles. The number of barbiturate groups is 1. The van der Waals surface area contributed by atoms with E-state index in [1.54, 1.807) is 24.3 Å². The summed E-state index contributed by atoms with van der Waals surface area (Å²) in [7, 11) is 1.39. The van der Waals surface area contributed by atoms with Crippen molar-refractivity contribution in [3.05, 3.63) is 65.6 Å². The SMILES string of the molecule is C=CCc1cc(/C=C2\C(=O)NC(=O)N(Cc3ccco3)C2=O)cc(OC)c1O. The van der Waals surface area contributed by atoms with Crippen LogP contribution in [0.5, 0.6) is 11.5 Å². The highest BCUT2D eigenvalue weighted by Gasteiger charge is 2.36. The number of hydrogen-bond acceptors (Lipinski definition) is 6. The van der Waals surface area contributed by atoms with E-state index >= 15 is 0 Å². The molecule has 0 spiro atoms. The third kappa shape index (κ3) is 3.66. The largest absolute Gasteiger partial charge is 0.504 e. The number of methoxy groups -OCH3 is 1. The lowest BCUT2D eigenvalue weighted by atomic mass is 10.0. The Morgan fingerprint density at radius 2 is 2.11 bits per heavy atom. The van der Waals surface area contributed by atoms with Gasteiger partial charge in [0, 0.05) is 5.56 Å². The highest BCUT2D eigenvalue weighted by molar-refractivity contribution is 6.30. The average Bonchev–Trinajstić information content (AvgIpc) is 3.18. The number of urea groups is 1. The number of carbonyl (C=O) groups is 3. The molecule has 0 atom stereocenters. The molecule has 0 bridgehead atoms. The van der Waals surface area contributed by atoms with E-state index in [1.807, 2.05) is 0 Å². The van der Waals surface area contributed by atoms with E-state index < -0.39 is 17.8 Å². The van der Waals surface area contributed by atoms with Crippen molar-refractivity contribution in [2.45, 2.75) is 13.0 Å². The normalized spacial score (nSPS) is 15.7. The van der Waals surface area contributed by atoms with Crippen molar-refractivity contribution < 1.29 is 28.6 Å². The zero-order valence-electron chi connectivity index (χ0n) is 15.1. The second-order valence-electron chi connectivity index (χ2n) is 6.01. The second-order valence-corrected chi connectivity index (χ2v) is 6.01. The number of aromatic hydroxyl groups is 1. The number of carbonyl (C=O) groups excluding carboxylic acids is 3. The van der Waals surface area contributed by atoms with Crippen LogP contribution >= 0.6 is 0 Å². The molecule has 0 unspecified atom stereocenters. The quantitative estimate of drug-likeness (QED) is 0.451. The van der Waals surface area contributed by atoms with Crippen LogP contribution in [0.1, 0.15) is 16.9 Å². The Labute approximate surface area is 160 Å². The van der Waals surface area contributed by atoms with Gasteiger partial charge < -0.3 is 14.3 Å². The fourth-order valence-corrected chi connectivity index (χ4v) is 2.80. The van der Waals surface area contributed by atoms with Crippen LogP contribution in [0, 0.1) is 0 Å². The number of furan rings is 1. The van der Waals surface area contributed by atoms with Crippen molar-refractivity contribution in [2.24, 2.45) is 0 Å². The first-order valence-electron chi connectivity index (χ1n) is 8.36. The van der Waals surface area contributed by atoms with Crippen molar-refractivity contribution in [3.63, 3.8) is 0 Å². The molecular weight excluding hydrogens is 364 g/mol. The highest BCUT2D eigenvalue weighted by atomic mass is 16.5. The molecule has 8 nitrogen and oxygen atoms in total. The molecule has 0 saturated carbocycles. The van der Waals surface area contributed by atoms with Gasteiger partial charge in [-0.2, -0.15) is 0 Å². The lowest BCUT2D eigenvalue weighted by Gasteiger charge is -2.25. The van der Waals surface area contributed by atoms with Crippen LogP contribution < -0.4 is 10.1 Å². The maximum absolute atomic E-state index is 12.7. The number of nitrogens with one attached hydrogen (secondary N) is 1. The number of phenolic OH excluding ortho intramolecular Hbond substituents is 1. The number of amides is 4. The predicted molar refractivity (Wildman–Crippen MR) is 99.3 cm³/mol. The van der Waals surface area contributed by atoms with Gasteiger partial charge in [0.2, 0.25) is 0 Å². The first-order valence-corrected chi connectivity index (χ1v) is 8.36. The first-order chi connectivity index (χ1) is 13.4. The van der Waals surface area contributed by atoms with Gasteiger partial charge in [0.25, 0.3) is 11.8 Å². The van der Waals surface area contributed by atoms with Crippen molar-refractivity contribution in [3.8, 4) is 11.5 Å². The number of imide groups is 2. The second kappa shape index (κ2) is 7.83. The Kier molecular flexibility index (Phi) is 5.30. The average molecular weight is 382 g/mol. The Morgan fingerprint density at radius 1 is 1.32 bits per heavy atom. The van der Waals surface area contributed by atoms with Crippen molar-refractivity contribution in [2.75, 3.05) is 7.11 Å². The van der Waals surface area contributed by atoms with Crippen LogP contribution in [0.25, 0.3) is 6.08 Å². The van der Waals surface area contributed by atoms with E-state index in [0.29, 0.717) is 23.3 Å². The molecule has 1 fully saturated rings. The van der Waals surface area contributed by atoms with Crippen molar-refractivity contribution >= 4 is 23.9 Å². The molecule has 1 aromatic heterocycles. The van der Waals surface area contributed by atoms with Crippen molar-refractivity contribution in [1.29, 1.82) is 0 Å². The summed E-state index contributed by atoms with van der Waals surface area (Å²) in [4.78, 5) is 37.9. The van der Waals surface area contributed by atoms with Gasteiger partial charge in [-0.05, 0) is 42.3 Å². The minimum atomic E-state index is -0.820. The lowest BCUT2D eigenvalue weighted by Crippen LogP contribution is -2.53. The molecule has 28 heavy (non-hydrogen) atoms. The maximum Gasteiger partial charge on any atom is 0.331 e. The van der Waals surface area contributed by atoms with Gasteiger partial charge in [0.1, 0.15) is 11.3 Å². The summed E-state index contributed by atoms with van der Waals surface area (Å²) in [5, 5.41) is 12.3. The summed E-state index contributed by atoms with van der Waals surface area (Å²) < 4.78 is 10.3. The van der Waals surface area contributed by atoms with Gasteiger partial charge in [-0.15, -0.1) is 6.58 Å². The minimum Gasteiger partial charge on any atom is -0.504 e. The molecule has 8 heteroatoms. The third-order valence-corrected chi connectivity index (χ3v) is 4.15. The topological polar surface area (TPSA) is 109 Å². The first kappa shape index (κ1) is 19.0. The summed E-state index contributed by atoms with van der Waals surface area (Å²) in [6.07, 6.45) is 4.73. The predicted octanol–water partition coefficient (Wildman–Crippen LogP) is 2.38. The number of hydrogen-bond donors (Lipinski definition) is 2. The Bertz CT molecular complexity index is 975. The Balaban J connectivity index is 1.98. The minimum absolute atomic E-state index is 0.0430. The molecule has 4 amide bonds. The number of phenols is 1. The number of allylic oxidation sites excluding steroid dienone is 1. The molecule has 2 heterocycles. The molecule has 1 aromatic carbocycles. The fourth-order valence-electron chi connectivity index (χ4n) is 2.80.